The van der Waals surface area contributed by atoms with Gasteiger partial charge in [-0.1, -0.05) is 24.3 Å². The number of amides is 1. The predicted octanol–water partition coefficient (Wildman–Crippen LogP) is 2.77. The van der Waals surface area contributed by atoms with Crippen molar-refractivity contribution in [3.8, 4) is 0 Å². The highest BCUT2D eigenvalue weighted by Crippen LogP contribution is 2.18. The number of carbonyl (C=O) groups excluding carboxylic acids is 1. The molecule has 0 spiro atoms. The van der Waals surface area contributed by atoms with Gasteiger partial charge in [0.05, 0.1) is 6.61 Å². The molecule has 1 amide bonds. The highest BCUT2D eigenvalue weighted by atomic mass is 16.3. The van der Waals surface area contributed by atoms with Crippen molar-refractivity contribution in [2.45, 2.75) is 13.2 Å². The van der Waals surface area contributed by atoms with Gasteiger partial charge in [0, 0.05) is 17.4 Å². The van der Waals surface area contributed by atoms with Gasteiger partial charge in [0.1, 0.15) is 6.54 Å². The Balaban J connectivity index is 1.77. The SMILES string of the molecule is O=C(Cn1ccc2cc(CO)ccc21)Nc1ccccc1. The van der Waals surface area contributed by atoms with Crippen molar-refractivity contribution in [3.05, 3.63) is 66.4 Å². The summed E-state index contributed by atoms with van der Waals surface area (Å²) in [6.07, 6.45) is 1.89. The van der Waals surface area contributed by atoms with Gasteiger partial charge in [0.2, 0.25) is 5.91 Å². The van der Waals surface area contributed by atoms with Gasteiger partial charge < -0.3 is 15.0 Å². The third kappa shape index (κ3) is 2.95. The third-order valence-corrected chi connectivity index (χ3v) is 3.39. The summed E-state index contributed by atoms with van der Waals surface area (Å²) in [5.41, 5.74) is 2.64. The Labute approximate surface area is 122 Å². The van der Waals surface area contributed by atoms with E-state index in [4.69, 9.17) is 5.11 Å². The van der Waals surface area contributed by atoms with Crippen molar-refractivity contribution >= 4 is 22.5 Å². The van der Waals surface area contributed by atoms with Gasteiger partial charge in [-0.2, -0.15) is 0 Å². The number of benzene rings is 2. The quantitative estimate of drug-likeness (QED) is 0.772. The van der Waals surface area contributed by atoms with Gasteiger partial charge in [-0.05, 0) is 41.3 Å². The number of nitrogens with zero attached hydrogens (tertiary/aromatic N) is 1. The summed E-state index contributed by atoms with van der Waals surface area (Å²) >= 11 is 0. The lowest BCUT2D eigenvalue weighted by atomic mass is 10.2. The molecule has 0 aliphatic heterocycles. The molecule has 0 unspecified atom stereocenters. The molecule has 106 valence electrons. The number of nitrogens with one attached hydrogen (secondary N) is 1. The molecular weight excluding hydrogens is 264 g/mol. The molecule has 0 radical (unpaired) electrons. The van der Waals surface area contributed by atoms with E-state index >= 15 is 0 Å². The number of carbonyl (C=O) groups is 1. The fourth-order valence-electron chi connectivity index (χ4n) is 2.36. The average Bonchev–Trinajstić information content (AvgIpc) is 2.90. The highest BCUT2D eigenvalue weighted by molar-refractivity contribution is 5.92. The number of aliphatic hydroxyl groups is 1. The van der Waals surface area contributed by atoms with E-state index in [9.17, 15) is 4.79 Å². The van der Waals surface area contributed by atoms with Crippen molar-refractivity contribution in [2.75, 3.05) is 5.32 Å². The standard InChI is InChI=1S/C17H16N2O2/c20-12-13-6-7-16-14(10-13)8-9-19(16)11-17(21)18-15-4-2-1-3-5-15/h1-10,20H,11-12H2,(H,18,21). The first-order valence-electron chi connectivity index (χ1n) is 6.80. The number of para-hydroxylation sites is 1. The molecule has 3 aromatic rings. The second-order valence-corrected chi connectivity index (χ2v) is 4.91. The fourth-order valence-corrected chi connectivity index (χ4v) is 2.36. The van der Waals surface area contributed by atoms with E-state index in [-0.39, 0.29) is 19.1 Å². The van der Waals surface area contributed by atoms with Gasteiger partial charge >= 0.3 is 0 Å². The highest BCUT2D eigenvalue weighted by Gasteiger charge is 2.07. The summed E-state index contributed by atoms with van der Waals surface area (Å²) in [5.74, 6) is -0.0649. The normalized spacial score (nSPS) is 10.7. The predicted molar refractivity (Wildman–Crippen MR) is 82.9 cm³/mol. The van der Waals surface area contributed by atoms with Crippen molar-refractivity contribution < 1.29 is 9.90 Å². The number of anilines is 1. The number of rotatable bonds is 4. The number of aliphatic hydroxyl groups excluding tert-OH is 1. The van der Waals surface area contributed by atoms with Crippen LogP contribution in [0.15, 0.2) is 60.8 Å². The number of hydrogen-bond acceptors (Lipinski definition) is 2. The van der Waals surface area contributed by atoms with Crippen molar-refractivity contribution in [3.63, 3.8) is 0 Å². The Morgan fingerprint density at radius 2 is 1.90 bits per heavy atom. The monoisotopic (exact) mass is 280 g/mol. The molecule has 1 heterocycles. The number of hydrogen-bond donors (Lipinski definition) is 2. The van der Waals surface area contributed by atoms with Crippen molar-refractivity contribution in [1.29, 1.82) is 0 Å². The maximum absolute atomic E-state index is 12.1. The Morgan fingerprint density at radius 1 is 1.10 bits per heavy atom. The van der Waals surface area contributed by atoms with Crippen LogP contribution in [0.2, 0.25) is 0 Å². The van der Waals surface area contributed by atoms with Crippen LogP contribution >= 0.6 is 0 Å². The van der Waals surface area contributed by atoms with Crippen molar-refractivity contribution in [1.82, 2.24) is 4.57 Å². The molecule has 4 nitrogen and oxygen atoms in total. The molecular formula is C17H16N2O2. The van der Waals surface area contributed by atoms with Gasteiger partial charge in [-0.15, -0.1) is 0 Å². The van der Waals surface area contributed by atoms with Crippen LogP contribution in [0.1, 0.15) is 5.56 Å². The molecule has 21 heavy (non-hydrogen) atoms. The summed E-state index contributed by atoms with van der Waals surface area (Å²) in [6, 6.07) is 17.1. The van der Waals surface area contributed by atoms with Crippen LogP contribution in [0.3, 0.4) is 0 Å². The minimum absolute atomic E-state index is 0.0234. The van der Waals surface area contributed by atoms with E-state index in [1.54, 1.807) is 0 Å². The summed E-state index contributed by atoms with van der Waals surface area (Å²) in [6.45, 7) is 0.284. The first-order chi connectivity index (χ1) is 10.3. The van der Waals surface area contributed by atoms with E-state index in [1.807, 2.05) is 65.4 Å². The lowest BCUT2D eigenvalue weighted by molar-refractivity contribution is -0.116. The second kappa shape index (κ2) is 5.81. The lowest BCUT2D eigenvalue weighted by Crippen LogP contribution is -2.18. The molecule has 0 aliphatic carbocycles. The summed E-state index contributed by atoms with van der Waals surface area (Å²) < 4.78 is 1.90. The van der Waals surface area contributed by atoms with Crippen LogP contribution in [-0.4, -0.2) is 15.6 Å². The Morgan fingerprint density at radius 3 is 2.67 bits per heavy atom. The zero-order chi connectivity index (χ0) is 14.7. The zero-order valence-corrected chi connectivity index (χ0v) is 11.5. The van der Waals surface area contributed by atoms with Crippen LogP contribution < -0.4 is 5.32 Å². The molecule has 3 rings (SSSR count). The molecule has 2 N–H and O–H groups in total. The zero-order valence-electron chi connectivity index (χ0n) is 11.5. The van der Waals surface area contributed by atoms with Gasteiger partial charge in [0.15, 0.2) is 0 Å². The van der Waals surface area contributed by atoms with Crippen molar-refractivity contribution in [2.24, 2.45) is 0 Å². The smallest absolute Gasteiger partial charge is 0.244 e. The summed E-state index contributed by atoms with van der Waals surface area (Å²) in [7, 11) is 0. The van der Waals surface area contributed by atoms with Crippen LogP contribution in [0.5, 0.6) is 0 Å². The van der Waals surface area contributed by atoms with Gasteiger partial charge in [-0.3, -0.25) is 4.79 Å². The lowest BCUT2D eigenvalue weighted by Gasteiger charge is -2.07. The molecule has 0 saturated heterocycles. The molecule has 2 aromatic carbocycles. The van der Waals surface area contributed by atoms with E-state index in [0.717, 1.165) is 22.2 Å². The molecule has 0 atom stereocenters. The maximum atomic E-state index is 12.1. The largest absolute Gasteiger partial charge is 0.392 e. The van der Waals surface area contributed by atoms with Gasteiger partial charge in [-0.25, -0.2) is 0 Å². The number of fused-ring (bicyclic) bond motifs is 1. The van der Waals surface area contributed by atoms with Gasteiger partial charge in [0.25, 0.3) is 0 Å². The topological polar surface area (TPSA) is 54.3 Å². The van der Waals surface area contributed by atoms with Crippen LogP contribution in [0.4, 0.5) is 5.69 Å². The Kier molecular flexibility index (Phi) is 3.71. The van der Waals surface area contributed by atoms with E-state index in [1.165, 1.54) is 0 Å². The average molecular weight is 280 g/mol. The molecule has 4 heteroatoms. The molecule has 0 fully saturated rings. The third-order valence-electron chi connectivity index (χ3n) is 3.39. The van der Waals surface area contributed by atoms with E-state index < -0.39 is 0 Å². The summed E-state index contributed by atoms with van der Waals surface area (Å²) in [5, 5.41) is 13.0. The molecule has 0 saturated carbocycles. The Bertz CT molecular complexity index is 763. The first-order valence-corrected chi connectivity index (χ1v) is 6.80. The molecule has 1 aromatic heterocycles. The molecule has 0 bridgehead atoms. The van der Waals surface area contributed by atoms with Crippen LogP contribution in [0.25, 0.3) is 10.9 Å². The minimum Gasteiger partial charge on any atom is -0.392 e. The van der Waals surface area contributed by atoms with Crippen LogP contribution in [0, 0.1) is 0 Å². The molecule has 0 aliphatic rings. The number of aromatic nitrogens is 1. The van der Waals surface area contributed by atoms with Crippen LogP contribution in [-0.2, 0) is 17.9 Å². The first kappa shape index (κ1) is 13.4. The van der Waals surface area contributed by atoms with E-state index in [2.05, 4.69) is 5.32 Å². The van der Waals surface area contributed by atoms with E-state index in [0.29, 0.717) is 0 Å². The fraction of sp³-hybridized carbons (Fsp3) is 0.118. The second-order valence-electron chi connectivity index (χ2n) is 4.91. The minimum atomic E-state index is -0.0649. The Hall–Kier alpha value is -2.59. The summed E-state index contributed by atoms with van der Waals surface area (Å²) in [4.78, 5) is 12.1. The maximum Gasteiger partial charge on any atom is 0.244 e.